The molecule has 0 bridgehead atoms. The number of benzene rings is 2. The molecule has 2 aromatic rings. The van der Waals surface area contributed by atoms with Crippen molar-refractivity contribution in [3.05, 3.63) is 42.0 Å². The predicted octanol–water partition coefficient (Wildman–Crippen LogP) is 3.41. The van der Waals surface area contributed by atoms with Crippen LogP contribution in [0, 0.1) is 0 Å². The number of halogens is 1. The quantitative estimate of drug-likeness (QED) is 0.384. The number of ether oxygens (including phenoxy) is 4. The van der Waals surface area contributed by atoms with E-state index in [1.807, 2.05) is 24.3 Å². The lowest BCUT2D eigenvalue weighted by Crippen LogP contribution is -2.23. The number of para-hydroxylation sites is 1. The van der Waals surface area contributed by atoms with Crippen LogP contribution in [0.25, 0.3) is 0 Å². The Bertz CT molecular complexity index is 799. The number of anilines is 1. The minimum Gasteiger partial charge on any atom is -0.497 e. The summed E-state index contributed by atoms with van der Waals surface area (Å²) in [4.78, 5) is 4.41. The molecule has 0 atom stereocenters. The largest absolute Gasteiger partial charge is 0.497 e. The van der Waals surface area contributed by atoms with Crippen molar-refractivity contribution in [3.63, 3.8) is 0 Å². The van der Waals surface area contributed by atoms with Crippen LogP contribution in [-0.2, 0) is 6.54 Å². The number of nitrogens with zero attached hydrogens (tertiary/aromatic N) is 1. The fraction of sp³-hybridized carbons (Fsp3) is 0.316. The van der Waals surface area contributed by atoms with Crippen molar-refractivity contribution >= 4 is 35.6 Å². The van der Waals surface area contributed by atoms with E-state index < -0.39 is 0 Å². The topological polar surface area (TPSA) is 87.3 Å². The van der Waals surface area contributed by atoms with Gasteiger partial charge in [-0.25, -0.2) is 4.99 Å². The summed E-state index contributed by atoms with van der Waals surface area (Å²) in [7, 11) is 3.20. The Morgan fingerprint density at radius 3 is 2.74 bits per heavy atom. The molecule has 7 nitrogen and oxygen atoms in total. The summed E-state index contributed by atoms with van der Waals surface area (Å²) in [5, 5.41) is 3.05. The van der Waals surface area contributed by atoms with Gasteiger partial charge in [0.1, 0.15) is 11.5 Å². The molecule has 0 saturated carbocycles. The average Bonchev–Trinajstić information content (AvgIpc) is 2.92. The maximum absolute atomic E-state index is 6.05. The monoisotopic (exact) mass is 485 g/mol. The van der Waals surface area contributed by atoms with Crippen molar-refractivity contribution in [2.24, 2.45) is 10.7 Å². The van der Waals surface area contributed by atoms with E-state index in [9.17, 15) is 0 Å². The average molecular weight is 485 g/mol. The highest BCUT2D eigenvalue weighted by Gasteiger charge is 2.14. The lowest BCUT2D eigenvalue weighted by Gasteiger charge is -2.13. The van der Waals surface area contributed by atoms with Crippen LogP contribution in [0.5, 0.6) is 23.0 Å². The Balaban J connectivity index is 0.00000261. The molecule has 0 radical (unpaired) electrons. The molecule has 1 heterocycles. The molecule has 0 saturated heterocycles. The lowest BCUT2D eigenvalue weighted by atomic mass is 10.2. The molecule has 8 heteroatoms. The number of hydrogen-bond donors (Lipinski definition) is 2. The maximum Gasteiger partial charge on any atom is 0.193 e. The first-order valence-corrected chi connectivity index (χ1v) is 8.37. The van der Waals surface area contributed by atoms with Crippen LogP contribution in [0.3, 0.4) is 0 Å². The van der Waals surface area contributed by atoms with Crippen LogP contribution in [0.2, 0.25) is 0 Å². The molecule has 0 aliphatic carbocycles. The highest BCUT2D eigenvalue weighted by Crippen LogP contribution is 2.33. The van der Waals surface area contributed by atoms with Gasteiger partial charge in [-0.2, -0.15) is 0 Å². The fourth-order valence-electron chi connectivity index (χ4n) is 2.64. The van der Waals surface area contributed by atoms with Gasteiger partial charge in [0.15, 0.2) is 17.5 Å². The first-order valence-electron chi connectivity index (χ1n) is 8.37. The van der Waals surface area contributed by atoms with Crippen LogP contribution in [0.1, 0.15) is 12.0 Å². The van der Waals surface area contributed by atoms with Gasteiger partial charge in [0.05, 0.1) is 39.7 Å². The van der Waals surface area contributed by atoms with Gasteiger partial charge in [-0.3, -0.25) is 0 Å². The second-order valence-corrected chi connectivity index (χ2v) is 5.69. The minimum absolute atomic E-state index is 0. The zero-order valence-corrected chi connectivity index (χ0v) is 17.7. The van der Waals surface area contributed by atoms with E-state index in [0.29, 0.717) is 36.9 Å². The van der Waals surface area contributed by atoms with Crippen molar-refractivity contribution in [3.8, 4) is 23.0 Å². The minimum atomic E-state index is 0. The van der Waals surface area contributed by atoms with Crippen LogP contribution >= 0.6 is 24.0 Å². The zero-order valence-electron chi connectivity index (χ0n) is 15.4. The molecule has 27 heavy (non-hydrogen) atoms. The number of guanidine groups is 1. The number of aliphatic imine (C=N–C) groups is 1. The van der Waals surface area contributed by atoms with Crippen molar-refractivity contribution in [1.29, 1.82) is 0 Å². The molecular formula is C19H24IN3O4. The second-order valence-electron chi connectivity index (χ2n) is 5.69. The molecule has 0 fully saturated rings. The molecule has 2 aromatic carbocycles. The normalized spacial score (nSPS) is 13.2. The predicted molar refractivity (Wildman–Crippen MR) is 116 cm³/mol. The standard InChI is InChI=1S/C19H23N3O4.HI/c1-23-14-7-8-16(24-2)15(11-14)22-19(20)21-12-13-5-3-6-17-18(13)26-10-4-9-25-17;/h3,5-8,11H,4,9-10,12H2,1-2H3,(H3,20,21,22);1H. The van der Waals surface area contributed by atoms with Gasteiger partial charge in [0, 0.05) is 18.1 Å². The molecule has 1 aliphatic heterocycles. The number of methoxy groups -OCH3 is 2. The van der Waals surface area contributed by atoms with E-state index in [0.717, 1.165) is 23.5 Å². The highest BCUT2D eigenvalue weighted by atomic mass is 127. The van der Waals surface area contributed by atoms with Crippen LogP contribution < -0.4 is 30.0 Å². The zero-order chi connectivity index (χ0) is 18.4. The third kappa shape index (κ3) is 5.31. The summed E-state index contributed by atoms with van der Waals surface area (Å²) in [5.74, 6) is 3.09. The highest BCUT2D eigenvalue weighted by molar-refractivity contribution is 14.0. The Morgan fingerprint density at radius 1 is 1.15 bits per heavy atom. The number of hydrogen-bond acceptors (Lipinski definition) is 5. The molecule has 0 unspecified atom stereocenters. The summed E-state index contributed by atoms with van der Waals surface area (Å²) in [6.45, 7) is 1.65. The van der Waals surface area contributed by atoms with Crippen molar-refractivity contribution in [2.75, 3.05) is 32.8 Å². The van der Waals surface area contributed by atoms with Gasteiger partial charge in [-0.05, 0) is 18.2 Å². The smallest absolute Gasteiger partial charge is 0.193 e. The van der Waals surface area contributed by atoms with Crippen molar-refractivity contribution in [2.45, 2.75) is 13.0 Å². The van der Waals surface area contributed by atoms with E-state index in [1.54, 1.807) is 26.4 Å². The third-order valence-corrected chi connectivity index (χ3v) is 3.94. The van der Waals surface area contributed by atoms with Gasteiger partial charge in [-0.1, -0.05) is 12.1 Å². The van der Waals surface area contributed by atoms with E-state index in [-0.39, 0.29) is 29.9 Å². The second kappa shape index (κ2) is 10.1. The Hall–Kier alpha value is -2.36. The third-order valence-electron chi connectivity index (χ3n) is 3.94. The Labute approximate surface area is 175 Å². The number of nitrogens with two attached hydrogens (primary N) is 1. The first-order chi connectivity index (χ1) is 12.7. The number of rotatable bonds is 5. The van der Waals surface area contributed by atoms with Crippen molar-refractivity contribution in [1.82, 2.24) is 0 Å². The molecule has 1 aliphatic rings. The molecule has 3 rings (SSSR count). The van der Waals surface area contributed by atoms with Crippen LogP contribution in [-0.4, -0.2) is 33.4 Å². The van der Waals surface area contributed by atoms with E-state index in [4.69, 9.17) is 24.7 Å². The maximum atomic E-state index is 6.05. The van der Waals surface area contributed by atoms with E-state index in [2.05, 4.69) is 10.3 Å². The molecule has 3 N–H and O–H groups in total. The van der Waals surface area contributed by atoms with E-state index >= 15 is 0 Å². The summed E-state index contributed by atoms with van der Waals surface area (Å²) in [6.07, 6.45) is 0.858. The molecule has 0 amide bonds. The van der Waals surface area contributed by atoms with Crippen LogP contribution in [0.4, 0.5) is 5.69 Å². The molecular weight excluding hydrogens is 461 g/mol. The summed E-state index contributed by atoms with van der Waals surface area (Å²) in [5.41, 5.74) is 7.65. The Kier molecular flexibility index (Phi) is 7.83. The van der Waals surface area contributed by atoms with Gasteiger partial charge in [-0.15, -0.1) is 24.0 Å². The van der Waals surface area contributed by atoms with Crippen LogP contribution in [0.15, 0.2) is 41.4 Å². The van der Waals surface area contributed by atoms with E-state index in [1.165, 1.54) is 0 Å². The number of fused-ring (bicyclic) bond motifs is 1. The van der Waals surface area contributed by atoms with Gasteiger partial charge in [0.2, 0.25) is 0 Å². The molecule has 0 spiro atoms. The summed E-state index contributed by atoms with van der Waals surface area (Å²) >= 11 is 0. The summed E-state index contributed by atoms with van der Waals surface area (Å²) < 4.78 is 22.1. The summed E-state index contributed by atoms with van der Waals surface area (Å²) in [6, 6.07) is 11.2. The first kappa shape index (κ1) is 20.9. The number of nitrogens with one attached hydrogen (secondary N) is 1. The van der Waals surface area contributed by atoms with Gasteiger partial charge >= 0.3 is 0 Å². The Morgan fingerprint density at radius 2 is 1.96 bits per heavy atom. The van der Waals surface area contributed by atoms with Crippen molar-refractivity contribution < 1.29 is 18.9 Å². The van der Waals surface area contributed by atoms with Gasteiger partial charge in [0.25, 0.3) is 0 Å². The molecule has 0 aromatic heterocycles. The molecule has 146 valence electrons. The lowest BCUT2D eigenvalue weighted by molar-refractivity contribution is 0.296. The fourth-order valence-corrected chi connectivity index (χ4v) is 2.64. The SMILES string of the molecule is COc1ccc(OC)c(NC(N)=NCc2cccc3c2OCCCO3)c1.I. The van der Waals surface area contributed by atoms with Gasteiger partial charge < -0.3 is 30.0 Å².